The van der Waals surface area contributed by atoms with Crippen LogP contribution >= 0.6 is 0 Å². The van der Waals surface area contributed by atoms with Crippen molar-refractivity contribution in [2.24, 2.45) is 0 Å². The number of aliphatic hydroxyl groups is 1. The van der Waals surface area contributed by atoms with Crippen LogP contribution < -0.4 is 15.8 Å². The van der Waals surface area contributed by atoms with Crippen LogP contribution in [0.1, 0.15) is 12.5 Å². The standard InChI is InChI=1S/C13H13F6N4O2/c1-11(24,13(17,18)19)6-22-23-5-7(20)4-8(12(14,15)16)9(23)10-21-2-3-25-10/h2-5,22,24H,6,20H2,1H3/q+1. The molecule has 0 aliphatic heterocycles. The Hall–Kier alpha value is -2.50. The van der Waals surface area contributed by atoms with Gasteiger partial charge in [-0.05, 0) is 13.0 Å². The Bertz CT molecular complexity index is 740. The predicted molar refractivity (Wildman–Crippen MR) is 72.5 cm³/mol. The van der Waals surface area contributed by atoms with E-state index < -0.39 is 41.6 Å². The molecule has 1 unspecified atom stereocenters. The maximum Gasteiger partial charge on any atom is 0.423 e. The molecule has 12 heteroatoms. The second kappa shape index (κ2) is 6.10. The van der Waals surface area contributed by atoms with E-state index in [9.17, 15) is 31.4 Å². The normalized spacial score (nSPS) is 15.0. The summed E-state index contributed by atoms with van der Waals surface area (Å²) in [6.45, 7) is -0.669. The summed E-state index contributed by atoms with van der Waals surface area (Å²) < 4.78 is 83.4. The summed E-state index contributed by atoms with van der Waals surface area (Å²) in [6, 6.07) is 0.597. The Morgan fingerprint density at radius 2 is 1.92 bits per heavy atom. The Balaban J connectivity index is 2.53. The zero-order chi connectivity index (χ0) is 19.0. The van der Waals surface area contributed by atoms with E-state index >= 15 is 0 Å². The lowest BCUT2D eigenvalue weighted by molar-refractivity contribution is -0.641. The van der Waals surface area contributed by atoms with Gasteiger partial charge in [0.2, 0.25) is 6.20 Å². The lowest BCUT2D eigenvalue weighted by atomic mass is 10.1. The second-order valence-electron chi connectivity index (χ2n) is 5.35. The van der Waals surface area contributed by atoms with E-state index in [2.05, 4.69) is 10.4 Å². The number of aromatic nitrogens is 2. The summed E-state index contributed by atoms with van der Waals surface area (Å²) >= 11 is 0. The van der Waals surface area contributed by atoms with E-state index in [4.69, 9.17) is 10.2 Å². The van der Waals surface area contributed by atoms with Crippen LogP contribution in [0.15, 0.2) is 29.1 Å². The number of rotatable bonds is 4. The highest BCUT2D eigenvalue weighted by Crippen LogP contribution is 2.35. The molecule has 2 heterocycles. The van der Waals surface area contributed by atoms with E-state index in [1.807, 2.05) is 0 Å². The van der Waals surface area contributed by atoms with Crippen LogP contribution in [0.5, 0.6) is 0 Å². The molecular weight excluding hydrogens is 358 g/mol. The van der Waals surface area contributed by atoms with Crippen LogP contribution in [0.3, 0.4) is 0 Å². The number of hydrogen-bond acceptors (Lipinski definition) is 5. The van der Waals surface area contributed by atoms with Crippen molar-refractivity contribution in [3.63, 3.8) is 0 Å². The third-order valence-corrected chi connectivity index (χ3v) is 3.23. The van der Waals surface area contributed by atoms with Crippen LogP contribution in [-0.2, 0) is 6.18 Å². The van der Waals surface area contributed by atoms with Gasteiger partial charge in [-0.1, -0.05) is 4.68 Å². The van der Waals surface area contributed by atoms with Crippen molar-refractivity contribution in [2.75, 3.05) is 17.7 Å². The summed E-state index contributed by atoms with van der Waals surface area (Å²) in [5.41, 5.74) is 1.94. The van der Waals surface area contributed by atoms with Gasteiger partial charge in [-0.25, -0.2) is 4.98 Å². The molecule has 0 bridgehead atoms. The quantitative estimate of drug-likeness (QED) is 0.566. The molecule has 25 heavy (non-hydrogen) atoms. The fraction of sp³-hybridized carbons (Fsp3) is 0.385. The molecule has 0 fully saturated rings. The SMILES string of the molecule is CC(O)(CN[n+]1cc(N)cc(C(F)(F)F)c1-c1ncco1)C(F)(F)F. The molecule has 0 radical (unpaired) electrons. The van der Waals surface area contributed by atoms with E-state index in [1.165, 1.54) is 0 Å². The van der Waals surface area contributed by atoms with Gasteiger partial charge >= 0.3 is 18.0 Å². The summed E-state index contributed by atoms with van der Waals surface area (Å²) in [6.07, 6.45) is -6.89. The molecule has 0 spiro atoms. The van der Waals surface area contributed by atoms with Crippen LogP contribution in [0.2, 0.25) is 0 Å². The largest absolute Gasteiger partial charge is 0.440 e. The minimum Gasteiger partial charge on any atom is -0.440 e. The van der Waals surface area contributed by atoms with E-state index in [-0.39, 0.29) is 5.69 Å². The maximum atomic E-state index is 13.3. The van der Waals surface area contributed by atoms with Crippen molar-refractivity contribution < 1.29 is 40.5 Å². The molecular formula is C13H13F6N4O2+. The van der Waals surface area contributed by atoms with Crippen molar-refractivity contribution in [1.29, 1.82) is 0 Å². The van der Waals surface area contributed by atoms with E-state index in [1.54, 1.807) is 0 Å². The average molecular weight is 371 g/mol. The Labute approximate surface area is 136 Å². The molecule has 0 aromatic carbocycles. The Kier molecular flexibility index (Phi) is 4.59. The van der Waals surface area contributed by atoms with Gasteiger partial charge < -0.3 is 15.3 Å². The van der Waals surface area contributed by atoms with Gasteiger partial charge in [-0.3, -0.25) is 0 Å². The minimum atomic E-state index is -5.00. The van der Waals surface area contributed by atoms with Crippen LogP contribution in [0, 0.1) is 0 Å². The van der Waals surface area contributed by atoms with Crippen molar-refractivity contribution in [3.8, 4) is 11.6 Å². The number of pyridine rings is 1. The highest BCUT2D eigenvalue weighted by molar-refractivity contribution is 5.54. The smallest absolute Gasteiger partial charge is 0.423 e. The molecule has 0 amide bonds. The molecule has 0 aliphatic rings. The topological polar surface area (TPSA) is 88.2 Å². The van der Waals surface area contributed by atoms with Crippen molar-refractivity contribution in [2.45, 2.75) is 24.9 Å². The first-order valence-corrected chi connectivity index (χ1v) is 6.68. The van der Waals surface area contributed by atoms with Gasteiger partial charge in [-0.15, -0.1) is 0 Å². The number of anilines is 1. The number of hydrogen-bond donors (Lipinski definition) is 3. The molecule has 0 saturated carbocycles. The van der Waals surface area contributed by atoms with Gasteiger partial charge in [-0.2, -0.15) is 31.8 Å². The molecule has 6 nitrogen and oxygen atoms in total. The first-order valence-electron chi connectivity index (χ1n) is 6.68. The molecule has 0 aliphatic carbocycles. The number of oxazole rings is 1. The number of nitrogen functional groups attached to an aromatic ring is 1. The molecule has 2 aromatic heterocycles. The van der Waals surface area contributed by atoms with Crippen molar-refractivity contribution in [1.82, 2.24) is 4.98 Å². The number of nitrogens with zero attached hydrogens (tertiary/aromatic N) is 2. The number of nitrogens with two attached hydrogens (primary N) is 1. The average Bonchev–Trinajstić information content (AvgIpc) is 2.96. The number of alkyl halides is 6. The highest BCUT2D eigenvalue weighted by Gasteiger charge is 2.51. The summed E-state index contributed by atoms with van der Waals surface area (Å²) in [7, 11) is 0. The van der Waals surface area contributed by atoms with E-state index in [0.29, 0.717) is 17.7 Å². The number of halogens is 6. The first kappa shape index (κ1) is 18.8. The van der Waals surface area contributed by atoms with E-state index in [0.717, 1.165) is 18.7 Å². The fourth-order valence-electron chi connectivity index (χ4n) is 1.85. The summed E-state index contributed by atoms with van der Waals surface area (Å²) in [5, 5.41) is 9.44. The van der Waals surface area contributed by atoms with Gasteiger partial charge in [0.1, 0.15) is 24.1 Å². The summed E-state index contributed by atoms with van der Waals surface area (Å²) in [5.74, 6) is -0.494. The number of nitrogens with one attached hydrogen (secondary N) is 1. The van der Waals surface area contributed by atoms with Gasteiger partial charge in [0, 0.05) is 0 Å². The Morgan fingerprint density at radius 3 is 2.40 bits per heavy atom. The van der Waals surface area contributed by atoms with Crippen LogP contribution in [0.25, 0.3) is 11.6 Å². The fourth-order valence-corrected chi connectivity index (χ4v) is 1.85. The van der Waals surface area contributed by atoms with Gasteiger partial charge in [0.25, 0.3) is 5.89 Å². The molecule has 2 aromatic rings. The second-order valence-corrected chi connectivity index (χ2v) is 5.35. The molecule has 2 rings (SSSR count). The van der Waals surface area contributed by atoms with Crippen molar-refractivity contribution >= 4 is 5.69 Å². The molecule has 1 atom stereocenters. The Morgan fingerprint density at radius 1 is 1.28 bits per heavy atom. The lowest BCUT2D eigenvalue weighted by Crippen LogP contribution is -2.57. The zero-order valence-corrected chi connectivity index (χ0v) is 12.6. The first-order chi connectivity index (χ1) is 11.3. The highest BCUT2D eigenvalue weighted by atomic mass is 19.4. The molecule has 138 valence electrons. The van der Waals surface area contributed by atoms with Gasteiger partial charge in [0.05, 0.1) is 6.20 Å². The third-order valence-electron chi connectivity index (χ3n) is 3.23. The minimum absolute atomic E-state index is 0.373. The summed E-state index contributed by atoms with van der Waals surface area (Å²) in [4.78, 5) is 3.59. The van der Waals surface area contributed by atoms with Gasteiger partial charge in [0.15, 0.2) is 5.60 Å². The molecule has 4 N–H and O–H groups in total. The molecule has 0 saturated heterocycles. The predicted octanol–water partition coefficient (Wildman–Crippen LogP) is 2.09. The monoisotopic (exact) mass is 371 g/mol. The van der Waals surface area contributed by atoms with Crippen LogP contribution in [-0.4, -0.2) is 28.4 Å². The zero-order valence-electron chi connectivity index (χ0n) is 12.6. The lowest BCUT2D eigenvalue weighted by Gasteiger charge is -2.25. The van der Waals surface area contributed by atoms with Crippen LogP contribution in [0.4, 0.5) is 32.0 Å². The maximum absolute atomic E-state index is 13.3. The van der Waals surface area contributed by atoms with Crippen molar-refractivity contribution in [3.05, 3.63) is 30.3 Å². The third kappa shape index (κ3) is 3.95.